The molecular formula is C20H22N2O3. The molecule has 1 atom stereocenters. The molecule has 0 aliphatic carbocycles. The van der Waals surface area contributed by atoms with Crippen LogP contribution in [0.3, 0.4) is 0 Å². The topological polar surface area (TPSA) is 49.9 Å². The van der Waals surface area contributed by atoms with Crippen molar-refractivity contribution in [3.8, 4) is 5.75 Å². The quantitative estimate of drug-likeness (QED) is 0.861. The van der Waals surface area contributed by atoms with Gasteiger partial charge in [0.2, 0.25) is 5.91 Å². The number of nitrogens with zero attached hydrogens (tertiary/aromatic N) is 2. The normalized spacial score (nSPS) is 17.5. The SMILES string of the molecule is CCOc1ccccc1N1CCN(C(=O)c2ccccc2)C(C)C1=O. The van der Waals surface area contributed by atoms with Gasteiger partial charge in [-0.15, -0.1) is 0 Å². The van der Waals surface area contributed by atoms with Crippen LogP contribution in [-0.4, -0.2) is 42.5 Å². The van der Waals surface area contributed by atoms with Crippen LogP contribution in [0.25, 0.3) is 0 Å². The molecule has 0 aromatic heterocycles. The second-order valence-corrected chi connectivity index (χ2v) is 5.93. The summed E-state index contributed by atoms with van der Waals surface area (Å²) in [6.07, 6.45) is 0. The maximum Gasteiger partial charge on any atom is 0.254 e. The first-order chi connectivity index (χ1) is 12.1. The van der Waals surface area contributed by atoms with Crippen molar-refractivity contribution in [1.29, 1.82) is 0 Å². The van der Waals surface area contributed by atoms with E-state index < -0.39 is 6.04 Å². The first kappa shape index (κ1) is 17.0. The standard InChI is InChI=1S/C20H22N2O3/c1-3-25-18-12-8-7-11-17(18)22-14-13-21(15(2)19(22)23)20(24)16-9-5-4-6-10-16/h4-12,15H,3,13-14H2,1-2H3. The molecule has 2 aromatic carbocycles. The summed E-state index contributed by atoms with van der Waals surface area (Å²) in [4.78, 5) is 29.0. The van der Waals surface area contributed by atoms with Crippen LogP contribution in [0.4, 0.5) is 5.69 Å². The Hall–Kier alpha value is -2.82. The van der Waals surface area contributed by atoms with Gasteiger partial charge in [0.15, 0.2) is 0 Å². The van der Waals surface area contributed by atoms with Crippen LogP contribution in [0.15, 0.2) is 54.6 Å². The molecule has 1 heterocycles. The zero-order valence-electron chi connectivity index (χ0n) is 14.5. The van der Waals surface area contributed by atoms with E-state index in [9.17, 15) is 9.59 Å². The summed E-state index contributed by atoms with van der Waals surface area (Å²) in [6.45, 7) is 5.16. The Balaban J connectivity index is 1.82. The summed E-state index contributed by atoms with van der Waals surface area (Å²) >= 11 is 0. The van der Waals surface area contributed by atoms with E-state index in [1.807, 2.05) is 49.4 Å². The number of hydrogen-bond acceptors (Lipinski definition) is 3. The maximum atomic E-state index is 12.9. The fraction of sp³-hybridized carbons (Fsp3) is 0.300. The predicted octanol–water partition coefficient (Wildman–Crippen LogP) is 2.96. The highest BCUT2D eigenvalue weighted by Gasteiger charge is 2.36. The van der Waals surface area contributed by atoms with Crippen LogP contribution < -0.4 is 9.64 Å². The lowest BCUT2D eigenvalue weighted by atomic mass is 10.1. The second-order valence-electron chi connectivity index (χ2n) is 5.93. The number of amides is 2. The summed E-state index contributed by atoms with van der Waals surface area (Å²) in [5.41, 5.74) is 1.36. The van der Waals surface area contributed by atoms with Crippen molar-refractivity contribution in [2.45, 2.75) is 19.9 Å². The van der Waals surface area contributed by atoms with Crippen LogP contribution in [0, 0.1) is 0 Å². The average molecular weight is 338 g/mol. The van der Waals surface area contributed by atoms with Crippen molar-refractivity contribution in [2.75, 3.05) is 24.6 Å². The molecule has 0 N–H and O–H groups in total. The van der Waals surface area contributed by atoms with E-state index in [1.165, 1.54) is 0 Å². The van der Waals surface area contributed by atoms with Crippen LogP contribution >= 0.6 is 0 Å². The van der Waals surface area contributed by atoms with Gasteiger partial charge in [0, 0.05) is 18.7 Å². The van der Waals surface area contributed by atoms with Crippen molar-refractivity contribution >= 4 is 17.5 Å². The van der Waals surface area contributed by atoms with Crippen molar-refractivity contribution in [3.63, 3.8) is 0 Å². The molecule has 1 fully saturated rings. The minimum atomic E-state index is -0.517. The van der Waals surface area contributed by atoms with Gasteiger partial charge in [-0.05, 0) is 38.1 Å². The highest BCUT2D eigenvalue weighted by atomic mass is 16.5. The number of carbonyl (C=O) groups excluding carboxylic acids is 2. The van der Waals surface area contributed by atoms with E-state index in [0.717, 1.165) is 5.69 Å². The van der Waals surface area contributed by atoms with Crippen LogP contribution in [0.5, 0.6) is 5.75 Å². The van der Waals surface area contributed by atoms with Crippen molar-refractivity contribution in [1.82, 2.24) is 4.90 Å². The number of piperazine rings is 1. The number of benzene rings is 2. The fourth-order valence-electron chi connectivity index (χ4n) is 3.09. The molecule has 5 nitrogen and oxygen atoms in total. The summed E-state index contributed by atoms with van der Waals surface area (Å²) in [6, 6.07) is 16.1. The van der Waals surface area contributed by atoms with Crippen LogP contribution in [0.1, 0.15) is 24.2 Å². The predicted molar refractivity (Wildman–Crippen MR) is 96.9 cm³/mol. The monoisotopic (exact) mass is 338 g/mol. The molecular weight excluding hydrogens is 316 g/mol. The molecule has 25 heavy (non-hydrogen) atoms. The van der Waals surface area contributed by atoms with Gasteiger partial charge in [0.1, 0.15) is 11.8 Å². The average Bonchev–Trinajstić information content (AvgIpc) is 2.65. The molecule has 130 valence electrons. The third kappa shape index (κ3) is 3.36. The summed E-state index contributed by atoms with van der Waals surface area (Å²) in [5, 5.41) is 0. The Morgan fingerprint density at radius 3 is 2.48 bits per heavy atom. The Kier molecular flexibility index (Phi) is 5.03. The Bertz CT molecular complexity index is 761. The molecule has 5 heteroatoms. The van der Waals surface area contributed by atoms with Gasteiger partial charge < -0.3 is 14.5 Å². The number of carbonyl (C=O) groups is 2. The largest absolute Gasteiger partial charge is 0.492 e. The Morgan fingerprint density at radius 1 is 1.08 bits per heavy atom. The molecule has 1 aliphatic rings. The van der Waals surface area contributed by atoms with Gasteiger partial charge in [-0.2, -0.15) is 0 Å². The number of ether oxygens (including phenoxy) is 1. The smallest absolute Gasteiger partial charge is 0.254 e. The molecule has 2 amide bonds. The summed E-state index contributed by atoms with van der Waals surface area (Å²) in [7, 11) is 0. The zero-order valence-corrected chi connectivity index (χ0v) is 14.5. The number of hydrogen-bond donors (Lipinski definition) is 0. The third-order valence-electron chi connectivity index (χ3n) is 4.39. The van der Waals surface area contributed by atoms with E-state index in [2.05, 4.69) is 0 Å². The van der Waals surface area contributed by atoms with Gasteiger partial charge in [-0.1, -0.05) is 30.3 Å². The summed E-state index contributed by atoms with van der Waals surface area (Å²) < 4.78 is 5.64. The molecule has 2 aromatic rings. The molecule has 1 aliphatic heterocycles. The maximum absolute atomic E-state index is 12.9. The van der Waals surface area contributed by atoms with Gasteiger partial charge in [-0.3, -0.25) is 9.59 Å². The Morgan fingerprint density at radius 2 is 1.76 bits per heavy atom. The second kappa shape index (κ2) is 7.38. The summed E-state index contributed by atoms with van der Waals surface area (Å²) in [5.74, 6) is 0.482. The van der Waals surface area contributed by atoms with E-state index in [-0.39, 0.29) is 11.8 Å². The van der Waals surface area contributed by atoms with Crippen LogP contribution in [0.2, 0.25) is 0 Å². The zero-order chi connectivity index (χ0) is 17.8. The van der Waals surface area contributed by atoms with Gasteiger partial charge >= 0.3 is 0 Å². The molecule has 0 spiro atoms. The van der Waals surface area contributed by atoms with E-state index in [1.54, 1.807) is 28.9 Å². The Labute approximate surface area is 147 Å². The molecule has 1 saturated heterocycles. The highest BCUT2D eigenvalue weighted by molar-refractivity contribution is 6.04. The van der Waals surface area contributed by atoms with Crippen molar-refractivity contribution in [3.05, 3.63) is 60.2 Å². The lowest BCUT2D eigenvalue weighted by Crippen LogP contribution is -2.57. The number of rotatable bonds is 4. The molecule has 0 radical (unpaired) electrons. The first-order valence-corrected chi connectivity index (χ1v) is 8.52. The van der Waals surface area contributed by atoms with E-state index in [4.69, 9.17) is 4.74 Å². The molecule has 3 rings (SSSR count). The lowest BCUT2D eigenvalue weighted by molar-refractivity contribution is -0.124. The number of para-hydroxylation sites is 2. The first-order valence-electron chi connectivity index (χ1n) is 8.52. The highest BCUT2D eigenvalue weighted by Crippen LogP contribution is 2.30. The molecule has 0 saturated carbocycles. The minimum absolute atomic E-state index is 0.0947. The number of anilines is 1. The van der Waals surface area contributed by atoms with E-state index in [0.29, 0.717) is 31.0 Å². The van der Waals surface area contributed by atoms with Gasteiger partial charge in [0.05, 0.1) is 12.3 Å². The molecule has 1 unspecified atom stereocenters. The fourth-order valence-corrected chi connectivity index (χ4v) is 3.09. The lowest BCUT2D eigenvalue weighted by Gasteiger charge is -2.39. The van der Waals surface area contributed by atoms with Crippen molar-refractivity contribution in [2.24, 2.45) is 0 Å². The van der Waals surface area contributed by atoms with Crippen LogP contribution in [-0.2, 0) is 4.79 Å². The molecule has 0 bridgehead atoms. The van der Waals surface area contributed by atoms with Crippen molar-refractivity contribution < 1.29 is 14.3 Å². The van der Waals surface area contributed by atoms with E-state index >= 15 is 0 Å². The third-order valence-corrected chi connectivity index (χ3v) is 4.39. The van der Waals surface area contributed by atoms with Gasteiger partial charge in [0.25, 0.3) is 5.91 Å². The van der Waals surface area contributed by atoms with Gasteiger partial charge in [-0.25, -0.2) is 0 Å². The minimum Gasteiger partial charge on any atom is -0.492 e.